The first kappa shape index (κ1) is 11.0. The van der Waals surface area contributed by atoms with E-state index in [2.05, 4.69) is 10.2 Å². The molecule has 2 rings (SSSR count). The third-order valence-electron chi connectivity index (χ3n) is 2.05. The Morgan fingerprint density at radius 1 is 1.25 bits per heavy atom. The van der Waals surface area contributed by atoms with Crippen molar-refractivity contribution in [2.24, 2.45) is 0 Å². The van der Waals surface area contributed by atoms with E-state index in [-0.39, 0.29) is 10.7 Å². The largest absolute Gasteiger partial charge is 0.478 e. The van der Waals surface area contributed by atoms with Crippen LogP contribution < -0.4 is 0 Å². The second kappa shape index (κ2) is 4.15. The van der Waals surface area contributed by atoms with Gasteiger partial charge >= 0.3 is 5.97 Å². The van der Waals surface area contributed by atoms with E-state index in [1.54, 1.807) is 24.3 Å². The van der Waals surface area contributed by atoms with Crippen molar-refractivity contribution in [2.45, 2.75) is 0 Å². The normalized spacial score (nSPS) is 10.4. The van der Waals surface area contributed by atoms with Gasteiger partial charge in [0.15, 0.2) is 0 Å². The van der Waals surface area contributed by atoms with Crippen LogP contribution in [0.2, 0.25) is 10.2 Å². The lowest BCUT2D eigenvalue weighted by molar-refractivity contribution is 0.0698. The zero-order valence-electron chi connectivity index (χ0n) is 7.87. The molecular formula is C10H6Cl2N2O2. The molecule has 0 bridgehead atoms. The monoisotopic (exact) mass is 256 g/mol. The van der Waals surface area contributed by atoms with Gasteiger partial charge in [-0.15, -0.1) is 0 Å². The number of aromatic amines is 1. The van der Waals surface area contributed by atoms with Crippen molar-refractivity contribution in [3.63, 3.8) is 0 Å². The molecule has 0 spiro atoms. The number of nitrogens with zero attached hydrogens (tertiary/aromatic N) is 1. The maximum absolute atomic E-state index is 11.0. The Kier molecular flexibility index (Phi) is 2.85. The molecule has 0 unspecified atom stereocenters. The Bertz CT molecular complexity index is 534. The number of aromatic nitrogens is 2. The summed E-state index contributed by atoms with van der Waals surface area (Å²) in [6.07, 6.45) is 0. The van der Waals surface area contributed by atoms with Gasteiger partial charge in [0.25, 0.3) is 0 Å². The highest BCUT2D eigenvalue weighted by Gasteiger charge is 2.19. The Labute approximate surface area is 101 Å². The lowest BCUT2D eigenvalue weighted by atomic mass is 10.1. The average molecular weight is 257 g/mol. The van der Waals surface area contributed by atoms with E-state index in [0.29, 0.717) is 16.3 Å². The van der Waals surface area contributed by atoms with Crippen molar-refractivity contribution in [1.29, 1.82) is 0 Å². The number of rotatable bonds is 2. The fourth-order valence-electron chi connectivity index (χ4n) is 1.33. The number of halogens is 2. The molecule has 82 valence electrons. The smallest absolute Gasteiger partial charge is 0.341 e. The molecule has 2 N–H and O–H groups in total. The van der Waals surface area contributed by atoms with Crippen molar-refractivity contribution in [3.8, 4) is 11.3 Å². The minimum atomic E-state index is -1.12. The third kappa shape index (κ3) is 1.89. The van der Waals surface area contributed by atoms with Crippen LogP contribution in [-0.4, -0.2) is 21.3 Å². The van der Waals surface area contributed by atoms with E-state index in [9.17, 15) is 4.79 Å². The maximum atomic E-state index is 11.0. The van der Waals surface area contributed by atoms with Gasteiger partial charge in [0.1, 0.15) is 16.4 Å². The third-order valence-corrected chi connectivity index (χ3v) is 2.58. The van der Waals surface area contributed by atoms with Gasteiger partial charge in [0.05, 0.1) is 0 Å². The molecule has 0 aliphatic carbocycles. The zero-order valence-corrected chi connectivity index (χ0v) is 9.38. The standard InChI is InChI=1S/C10H6Cl2N2O2/c11-6-3-1-5(2-4-6)8-7(10(15)16)9(12)14-13-8/h1-4H,(H,13,14)(H,15,16). The fraction of sp³-hybridized carbons (Fsp3) is 0. The van der Waals surface area contributed by atoms with Gasteiger partial charge in [0, 0.05) is 10.6 Å². The molecule has 1 aromatic carbocycles. The molecule has 0 saturated heterocycles. The summed E-state index contributed by atoms with van der Waals surface area (Å²) in [6.45, 7) is 0. The van der Waals surface area contributed by atoms with Gasteiger partial charge in [-0.1, -0.05) is 35.3 Å². The van der Waals surface area contributed by atoms with Gasteiger partial charge in [-0.2, -0.15) is 5.10 Å². The minimum Gasteiger partial charge on any atom is -0.478 e. The van der Waals surface area contributed by atoms with Crippen LogP contribution in [-0.2, 0) is 0 Å². The molecule has 4 nitrogen and oxygen atoms in total. The van der Waals surface area contributed by atoms with Crippen molar-refractivity contribution in [1.82, 2.24) is 10.2 Å². The number of hydrogen-bond acceptors (Lipinski definition) is 2. The van der Waals surface area contributed by atoms with E-state index >= 15 is 0 Å². The fourth-order valence-corrected chi connectivity index (χ4v) is 1.67. The predicted molar refractivity (Wildman–Crippen MR) is 61.0 cm³/mol. The van der Waals surface area contributed by atoms with Gasteiger partial charge in [0.2, 0.25) is 0 Å². The lowest BCUT2D eigenvalue weighted by Gasteiger charge is -1.98. The van der Waals surface area contributed by atoms with E-state index in [1.165, 1.54) is 0 Å². The van der Waals surface area contributed by atoms with Crippen LogP contribution in [0.3, 0.4) is 0 Å². The molecule has 1 aromatic heterocycles. The number of nitrogens with one attached hydrogen (secondary N) is 1. The lowest BCUT2D eigenvalue weighted by Crippen LogP contribution is -1.97. The summed E-state index contributed by atoms with van der Waals surface area (Å²) in [5, 5.41) is 15.9. The highest BCUT2D eigenvalue weighted by molar-refractivity contribution is 6.33. The van der Waals surface area contributed by atoms with E-state index in [1.807, 2.05) is 0 Å². The molecule has 0 radical (unpaired) electrons. The van der Waals surface area contributed by atoms with Gasteiger partial charge in [-0.05, 0) is 12.1 Å². The number of aromatic carboxylic acids is 1. The molecule has 0 fully saturated rings. The summed E-state index contributed by atoms with van der Waals surface area (Å²) in [4.78, 5) is 11.0. The molecule has 6 heteroatoms. The Balaban J connectivity index is 2.56. The maximum Gasteiger partial charge on any atom is 0.341 e. The molecule has 0 atom stereocenters. The van der Waals surface area contributed by atoms with Crippen molar-refractivity contribution >= 4 is 29.2 Å². The van der Waals surface area contributed by atoms with Crippen LogP contribution in [0.4, 0.5) is 0 Å². The first-order chi connectivity index (χ1) is 7.59. The van der Waals surface area contributed by atoms with Gasteiger partial charge in [-0.25, -0.2) is 4.79 Å². The summed E-state index contributed by atoms with van der Waals surface area (Å²) in [5.74, 6) is -1.12. The first-order valence-electron chi connectivity index (χ1n) is 4.32. The van der Waals surface area contributed by atoms with Gasteiger partial charge in [-0.3, -0.25) is 5.10 Å². The van der Waals surface area contributed by atoms with Crippen molar-refractivity contribution in [3.05, 3.63) is 40.0 Å². The zero-order chi connectivity index (χ0) is 11.7. The number of benzene rings is 1. The highest BCUT2D eigenvalue weighted by Crippen LogP contribution is 2.27. The van der Waals surface area contributed by atoms with Gasteiger partial charge < -0.3 is 5.11 Å². The highest BCUT2D eigenvalue weighted by atomic mass is 35.5. The summed E-state index contributed by atoms with van der Waals surface area (Å²) >= 11 is 11.4. The summed E-state index contributed by atoms with van der Waals surface area (Å²) < 4.78 is 0. The topological polar surface area (TPSA) is 66.0 Å². The number of carboxylic acids is 1. The minimum absolute atomic E-state index is 0.0115. The number of H-pyrrole nitrogens is 1. The second-order valence-corrected chi connectivity index (χ2v) is 3.89. The molecule has 0 saturated carbocycles. The van der Waals surface area contributed by atoms with E-state index in [0.717, 1.165) is 0 Å². The predicted octanol–water partition coefficient (Wildman–Crippen LogP) is 3.08. The first-order valence-corrected chi connectivity index (χ1v) is 5.08. The van der Waals surface area contributed by atoms with E-state index in [4.69, 9.17) is 28.3 Å². The summed E-state index contributed by atoms with van der Waals surface area (Å²) in [5.41, 5.74) is 0.906. The molecule has 1 heterocycles. The van der Waals surface area contributed by atoms with Crippen LogP contribution in [0.15, 0.2) is 24.3 Å². The Hall–Kier alpha value is -1.52. The van der Waals surface area contributed by atoms with Crippen molar-refractivity contribution in [2.75, 3.05) is 0 Å². The number of carboxylic acid groups (broad SMARTS) is 1. The SMILES string of the molecule is O=C(O)c1c(-c2ccc(Cl)cc2)n[nH]c1Cl. The van der Waals surface area contributed by atoms with Crippen LogP contribution in [0, 0.1) is 0 Å². The van der Waals surface area contributed by atoms with E-state index < -0.39 is 5.97 Å². The van der Waals surface area contributed by atoms with Crippen LogP contribution in [0.1, 0.15) is 10.4 Å². The Morgan fingerprint density at radius 3 is 2.44 bits per heavy atom. The molecule has 0 aliphatic rings. The molecule has 16 heavy (non-hydrogen) atoms. The average Bonchev–Trinajstić information content (AvgIpc) is 2.61. The quantitative estimate of drug-likeness (QED) is 0.868. The van der Waals surface area contributed by atoms with Crippen LogP contribution in [0.5, 0.6) is 0 Å². The molecular weight excluding hydrogens is 251 g/mol. The molecule has 0 aliphatic heterocycles. The molecule has 2 aromatic rings. The van der Waals surface area contributed by atoms with Crippen LogP contribution in [0.25, 0.3) is 11.3 Å². The second-order valence-electron chi connectivity index (χ2n) is 3.07. The number of hydrogen-bond donors (Lipinski definition) is 2. The number of carbonyl (C=O) groups is 1. The molecule has 0 amide bonds. The summed E-state index contributed by atoms with van der Waals surface area (Å²) in [6, 6.07) is 6.68. The Morgan fingerprint density at radius 2 is 1.88 bits per heavy atom. The van der Waals surface area contributed by atoms with Crippen LogP contribution >= 0.6 is 23.2 Å². The summed E-state index contributed by atoms with van der Waals surface area (Å²) in [7, 11) is 0. The van der Waals surface area contributed by atoms with Crippen molar-refractivity contribution < 1.29 is 9.90 Å².